The number of nitrogens with two attached hydrogens (primary N) is 1. The van der Waals surface area contributed by atoms with Crippen LogP contribution in [0.25, 0.3) is 0 Å². The zero-order chi connectivity index (χ0) is 20.1. The molecule has 27 heavy (non-hydrogen) atoms. The molecule has 0 saturated heterocycles. The van der Waals surface area contributed by atoms with Gasteiger partial charge in [-0.2, -0.15) is 0 Å². The smallest absolute Gasteiger partial charge is 0.341 e. The average molecular weight is 379 g/mol. The molecule has 0 aromatic heterocycles. The van der Waals surface area contributed by atoms with Gasteiger partial charge in [0.1, 0.15) is 11.6 Å². The summed E-state index contributed by atoms with van der Waals surface area (Å²) in [7, 11) is 0. The Balaban J connectivity index is 1.98. The lowest BCUT2D eigenvalue weighted by Gasteiger charge is -2.15. The molecule has 1 atom stereocenters. The number of hydrogen-bond donors (Lipinski definition) is 2. The third kappa shape index (κ3) is 4.97. The zero-order valence-electron chi connectivity index (χ0n) is 14.1. The highest BCUT2D eigenvalue weighted by Gasteiger charge is 2.19. The summed E-state index contributed by atoms with van der Waals surface area (Å²) in [5.74, 6) is -3.35. The van der Waals surface area contributed by atoms with E-state index in [1.807, 2.05) is 0 Å². The number of nitrogens with one attached hydrogen (secondary N) is 1. The quantitative estimate of drug-likeness (QED) is 0.344. The van der Waals surface area contributed by atoms with Crippen LogP contribution >= 0.6 is 0 Å². The third-order valence-corrected chi connectivity index (χ3v) is 3.61. The van der Waals surface area contributed by atoms with Crippen molar-refractivity contribution in [2.45, 2.75) is 13.0 Å². The molecule has 2 rings (SSSR count). The Morgan fingerprint density at radius 2 is 1.96 bits per heavy atom. The van der Waals surface area contributed by atoms with E-state index < -0.39 is 41.1 Å². The van der Waals surface area contributed by atoms with Gasteiger partial charge in [0.2, 0.25) is 0 Å². The first-order valence-electron chi connectivity index (χ1n) is 7.64. The van der Waals surface area contributed by atoms with Crippen molar-refractivity contribution in [3.63, 3.8) is 0 Å². The number of hydrogen-bond acceptors (Lipinski definition) is 6. The maximum atomic E-state index is 13.7. The van der Waals surface area contributed by atoms with Crippen LogP contribution in [0.4, 0.5) is 20.2 Å². The summed E-state index contributed by atoms with van der Waals surface area (Å²) < 4.78 is 31.4. The van der Waals surface area contributed by atoms with Gasteiger partial charge in [-0.3, -0.25) is 14.9 Å². The molecule has 0 aliphatic rings. The maximum Gasteiger partial charge on any atom is 0.341 e. The molecule has 1 amide bonds. The molecule has 142 valence electrons. The SMILES string of the molecule is C[C@@H](NC(=O)COC(=O)c1cc([N+](=O)[O-])ccc1N)c1ccc(F)cc1F. The monoisotopic (exact) mass is 379 g/mol. The van der Waals surface area contributed by atoms with E-state index in [4.69, 9.17) is 10.5 Å². The molecule has 0 fully saturated rings. The molecule has 0 spiro atoms. The van der Waals surface area contributed by atoms with E-state index in [9.17, 15) is 28.5 Å². The molecular weight excluding hydrogens is 364 g/mol. The number of non-ortho nitro benzene ring substituents is 1. The van der Waals surface area contributed by atoms with Crippen molar-refractivity contribution in [1.29, 1.82) is 0 Å². The average Bonchev–Trinajstić information content (AvgIpc) is 2.59. The largest absolute Gasteiger partial charge is 0.452 e. The first-order valence-corrected chi connectivity index (χ1v) is 7.64. The minimum atomic E-state index is -1.02. The predicted molar refractivity (Wildman–Crippen MR) is 90.7 cm³/mol. The molecular formula is C17H15F2N3O5. The second kappa shape index (κ2) is 8.21. The van der Waals surface area contributed by atoms with Gasteiger partial charge >= 0.3 is 5.97 Å². The van der Waals surface area contributed by atoms with Gasteiger partial charge in [0.25, 0.3) is 11.6 Å². The van der Waals surface area contributed by atoms with Gasteiger partial charge in [0.05, 0.1) is 16.5 Å². The van der Waals surface area contributed by atoms with Crippen LogP contribution in [0.1, 0.15) is 28.9 Å². The van der Waals surface area contributed by atoms with Crippen LogP contribution in [0.2, 0.25) is 0 Å². The molecule has 2 aromatic rings. The van der Waals surface area contributed by atoms with Gasteiger partial charge in [-0.1, -0.05) is 6.07 Å². The molecule has 0 radical (unpaired) electrons. The molecule has 0 heterocycles. The topological polar surface area (TPSA) is 125 Å². The van der Waals surface area contributed by atoms with Crippen molar-refractivity contribution in [3.05, 3.63) is 69.3 Å². The predicted octanol–water partition coefficient (Wildman–Crippen LogP) is 2.49. The first-order chi connectivity index (χ1) is 12.7. The lowest BCUT2D eigenvalue weighted by atomic mass is 10.1. The normalized spacial score (nSPS) is 11.5. The second-order valence-electron chi connectivity index (χ2n) is 5.56. The van der Waals surface area contributed by atoms with Crippen molar-refractivity contribution in [1.82, 2.24) is 5.32 Å². The van der Waals surface area contributed by atoms with E-state index in [0.717, 1.165) is 18.2 Å². The van der Waals surface area contributed by atoms with Gasteiger partial charge in [-0.05, 0) is 19.1 Å². The Hall–Kier alpha value is -3.56. The van der Waals surface area contributed by atoms with E-state index in [0.29, 0.717) is 6.07 Å². The van der Waals surface area contributed by atoms with Crippen molar-refractivity contribution < 1.29 is 28.0 Å². The first kappa shape index (κ1) is 19.8. The number of esters is 1. The molecule has 10 heteroatoms. The Bertz CT molecular complexity index is 904. The number of amides is 1. The molecule has 8 nitrogen and oxygen atoms in total. The van der Waals surface area contributed by atoms with E-state index in [-0.39, 0.29) is 22.5 Å². The number of nitrogen functional groups attached to an aromatic ring is 1. The number of halogens is 2. The number of anilines is 1. The van der Waals surface area contributed by atoms with Crippen LogP contribution in [0, 0.1) is 21.7 Å². The van der Waals surface area contributed by atoms with Crippen LogP contribution in [0.15, 0.2) is 36.4 Å². The molecule has 3 N–H and O–H groups in total. The summed E-state index contributed by atoms with van der Waals surface area (Å²) in [6, 6.07) is 5.35. The minimum Gasteiger partial charge on any atom is -0.452 e. The maximum absolute atomic E-state index is 13.7. The van der Waals surface area contributed by atoms with Gasteiger partial charge in [0, 0.05) is 29.4 Å². The standard InChI is InChI=1S/C17H15F2N3O5/c1-9(12-4-2-10(18)6-14(12)19)21-16(23)8-27-17(24)13-7-11(22(25)26)3-5-15(13)20/h2-7,9H,8,20H2,1H3,(H,21,23)/t9-/m1/s1. The molecule has 0 unspecified atom stereocenters. The van der Waals surface area contributed by atoms with Gasteiger partial charge in [-0.15, -0.1) is 0 Å². The number of nitro benzene ring substituents is 1. The summed E-state index contributed by atoms with van der Waals surface area (Å²) in [6.45, 7) is 0.753. The van der Waals surface area contributed by atoms with Gasteiger partial charge < -0.3 is 15.8 Å². The summed E-state index contributed by atoms with van der Waals surface area (Å²) in [4.78, 5) is 33.9. The zero-order valence-corrected chi connectivity index (χ0v) is 14.1. The number of nitro groups is 1. The fourth-order valence-electron chi connectivity index (χ4n) is 2.26. The highest BCUT2D eigenvalue weighted by molar-refractivity contribution is 5.97. The number of carbonyl (C=O) groups is 2. The number of nitrogens with zero attached hydrogens (tertiary/aromatic N) is 1. The Morgan fingerprint density at radius 3 is 2.59 bits per heavy atom. The summed E-state index contributed by atoms with van der Waals surface area (Å²) in [6.07, 6.45) is 0. The van der Waals surface area contributed by atoms with Crippen molar-refractivity contribution >= 4 is 23.3 Å². The second-order valence-corrected chi connectivity index (χ2v) is 5.56. The highest BCUT2D eigenvalue weighted by Crippen LogP contribution is 2.21. The molecule has 0 aliphatic carbocycles. The fraction of sp³-hybridized carbons (Fsp3) is 0.176. The number of benzene rings is 2. The van der Waals surface area contributed by atoms with E-state index in [2.05, 4.69) is 5.32 Å². The summed E-state index contributed by atoms with van der Waals surface area (Å²) in [5, 5.41) is 13.1. The Labute approximate surface area is 152 Å². The van der Waals surface area contributed by atoms with Crippen LogP contribution < -0.4 is 11.1 Å². The summed E-state index contributed by atoms with van der Waals surface area (Å²) >= 11 is 0. The van der Waals surface area contributed by atoms with Crippen molar-refractivity contribution in [3.8, 4) is 0 Å². The molecule has 2 aromatic carbocycles. The van der Waals surface area contributed by atoms with Gasteiger partial charge in [-0.25, -0.2) is 13.6 Å². The summed E-state index contributed by atoms with van der Waals surface area (Å²) in [5.41, 5.74) is 4.98. The van der Waals surface area contributed by atoms with E-state index in [1.54, 1.807) is 0 Å². The fourth-order valence-corrected chi connectivity index (χ4v) is 2.26. The number of rotatable bonds is 6. The van der Waals surface area contributed by atoms with Crippen LogP contribution in [-0.4, -0.2) is 23.4 Å². The van der Waals surface area contributed by atoms with Gasteiger partial charge in [0.15, 0.2) is 6.61 Å². The van der Waals surface area contributed by atoms with Crippen LogP contribution in [0.3, 0.4) is 0 Å². The van der Waals surface area contributed by atoms with Crippen LogP contribution in [-0.2, 0) is 9.53 Å². The Morgan fingerprint density at radius 1 is 1.26 bits per heavy atom. The molecule has 0 bridgehead atoms. The molecule has 0 saturated carbocycles. The van der Waals surface area contributed by atoms with Crippen LogP contribution in [0.5, 0.6) is 0 Å². The Kier molecular flexibility index (Phi) is 6.01. The number of carbonyl (C=O) groups excluding carboxylic acids is 2. The lowest BCUT2D eigenvalue weighted by Crippen LogP contribution is -2.31. The molecule has 0 aliphatic heterocycles. The minimum absolute atomic E-state index is 0.0484. The van der Waals surface area contributed by atoms with Crippen molar-refractivity contribution in [2.24, 2.45) is 0 Å². The van der Waals surface area contributed by atoms with E-state index >= 15 is 0 Å². The lowest BCUT2D eigenvalue weighted by molar-refractivity contribution is -0.384. The van der Waals surface area contributed by atoms with E-state index in [1.165, 1.54) is 19.1 Å². The third-order valence-electron chi connectivity index (χ3n) is 3.61. The van der Waals surface area contributed by atoms with Crippen molar-refractivity contribution in [2.75, 3.05) is 12.3 Å². The highest BCUT2D eigenvalue weighted by atomic mass is 19.1. The number of ether oxygens (including phenoxy) is 1.